The van der Waals surface area contributed by atoms with Crippen molar-refractivity contribution in [1.29, 1.82) is 0 Å². The standard InChI is InChI=1S/C22H28N4O2/c1-16-14-20(26-12-10-25(3)11-13-26)8-9-21(16)24-22(28)19-6-4-18(5-7-19)15-23-17(2)27/h4-9,14H,10-13,15H2,1-3H3,(H,23,27)(H,24,28). The normalized spacial score (nSPS) is 14.6. The number of hydrogen-bond acceptors (Lipinski definition) is 4. The second-order valence-corrected chi connectivity index (χ2v) is 7.35. The maximum Gasteiger partial charge on any atom is 0.255 e. The zero-order chi connectivity index (χ0) is 20.1. The van der Waals surface area contributed by atoms with Gasteiger partial charge in [0.1, 0.15) is 0 Å². The van der Waals surface area contributed by atoms with Gasteiger partial charge in [-0.25, -0.2) is 0 Å². The molecule has 2 amide bonds. The SMILES string of the molecule is CC(=O)NCc1ccc(C(=O)Nc2ccc(N3CCN(C)CC3)cc2C)cc1. The minimum atomic E-state index is -0.137. The van der Waals surface area contributed by atoms with E-state index in [0.29, 0.717) is 12.1 Å². The van der Waals surface area contributed by atoms with Crippen molar-refractivity contribution in [3.8, 4) is 0 Å². The van der Waals surface area contributed by atoms with Crippen molar-refractivity contribution in [1.82, 2.24) is 10.2 Å². The lowest BCUT2D eigenvalue weighted by atomic mass is 10.1. The van der Waals surface area contributed by atoms with Crippen molar-refractivity contribution >= 4 is 23.2 Å². The maximum absolute atomic E-state index is 12.6. The van der Waals surface area contributed by atoms with Gasteiger partial charge >= 0.3 is 0 Å². The topological polar surface area (TPSA) is 64.7 Å². The van der Waals surface area contributed by atoms with Crippen LogP contribution >= 0.6 is 0 Å². The molecule has 148 valence electrons. The van der Waals surface area contributed by atoms with Gasteiger partial charge in [-0.05, 0) is 55.4 Å². The zero-order valence-electron chi connectivity index (χ0n) is 16.8. The molecule has 0 spiro atoms. The molecule has 1 fully saturated rings. The first-order chi connectivity index (χ1) is 13.4. The number of amides is 2. The monoisotopic (exact) mass is 380 g/mol. The maximum atomic E-state index is 12.6. The van der Waals surface area contributed by atoms with E-state index in [9.17, 15) is 9.59 Å². The van der Waals surface area contributed by atoms with Crippen molar-refractivity contribution in [3.63, 3.8) is 0 Å². The van der Waals surface area contributed by atoms with E-state index in [1.165, 1.54) is 12.6 Å². The van der Waals surface area contributed by atoms with Crippen LogP contribution < -0.4 is 15.5 Å². The summed E-state index contributed by atoms with van der Waals surface area (Å²) in [5, 5.41) is 5.74. The van der Waals surface area contributed by atoms with Gasteiger partial charge in [0.2, 0.25) is 5.91 Å². The minimum absolute atomic E-state index is 0.0719. The number of carbonyl (C=O) groups excluding carboxylic acids is 2. The van der Waals surface area contributed by atoms with Gasteiger partial charge in [-0.1, -0.05) is 12.1 Å². The van der Waals surface area contributed by atoms with Crippen LogP contribution in [0.1, 0.15) is 28.4 Å². The smallest absolute Gasteiger partial charge is 0.255 e. The van der Waals surface area contributed by atoms with E-state index in [1.54, 1.807) is 12.1 Å². The fourth-order valence-corrected chi connectivity index (χ4v) is 3.24. The van der Waals surface area contributed by atoms with Gasteiger partial charge in [-0.15, -0.1) is 0 Å². The molecule has 0 unspecified atom stereocenters. The van der Waals surface area contributed by atoms with Gasteiger partial charge in [0, 0.05) is 56.6 Å². The van der Waals surface area contributed by atoms with Crippen LogP contribution in [0.3, 0.4) is 0 Å². The Hall–Kier alpha value is -2.86. The highest BCUT2D eigenvalue weighted by molar-refractivity contribution is 6.04. The van der Waals surface area contributed by atoms with E-state index in [0.717, 1.165) is 43.0 Å². The lowest BCUT2D eigenvalue weighted by molar-refractivity contribution is -0.119. The van der Waals surface area contributed by atoms with Crippen molar-refractivity contribution in [2.24, 2.45) is 0 Å². The number of benzene rings is 2. The third-order valence-corrected chi connectivity index (χ3v) is 5.08. The molecule has 6 heteroatoms. The molecule has 28 heavy (non-hydrogen) atoms. The summed E-state index contributed by atoms with van der Waals surface area (Å²) in [5.74, 6) is -0.209. The Labute approximate surface area is 166 Å². The van der Waals surface area contributed by atoms with Crippen LogP contribution in [-0.2, 0) is 11.3 Å². The van der Waals surface area contributed by atoms with Crippen molar-refractivity contribution in [2.45, 2.75) is 20.4 Å². The molecule has 1 heterocycles. The third-order valence-electron chi connectivity index (χ3n) is 5.08. The molecule has 1 saturated heterocycles. The average Bonchev–Trinajstić information content (AvgIpc) is 2.69. The quantitative estimate of drug-likeness (QED) is 0.837. The second kappa shape index (κ2) is 8.89. The highest BCUT2D eigenvalue weighted by Crippen LogP contribution is 2.24. The second-order valence-electron chi connectivity index (χ2n) is 7.35. The lowest BCUT2D eigenvalue weighted by Gasteiger charge is -2.34. The largest absolute Gasteiger partial charge is 0.369 e. The number of anilines is 2. The van der Waals surface area contributed by atoms with E-state index in [1.807, 2.05) is 25.1 Å². The van der Waals surface area contributed by atoms with Crippen LogP contribution in [0.2, 0.25) is 0 Å². The average molecular weight is 380 g/mol. The molecule has 0 radical (unpaired) electrons. The Bertz CT molecular complexity index is 840. The predicted octanol–water partition coefficient (Wildman–Crippen LogP) is 2.64. The van der Waals surface area contributed by atoms with E-state index in [2.05, 4.69) is 39.6 Å². The highest BCUT2D eigenvalue weighted by Gasteiger charge is 2.15. The Kier molecular flexibility index (Phi) is 6.31. The van der Waals surface area contributed by atoms with Gasteiger partial charge in [0.05, 0.1) is 0 Å². The molecule has 0 aromatic heterocycles. The molecule has 0 aliphatic carbocycles. The lowest BCUT2D eigenvalue weighted by Crippen LogP contribution is -2.44. The zero-order valence-corrected chi connectivity index (χ0v) is 16.8. The summed E-state index contributed by atoms with van der Waals surface area (Å²) < 4.78 is 0. The number of hydrogen-bond donors (Lipinski definition) is 2. The van der Waals surface area contributed by atoms with Crippen molar-refractivity contribution in [3.05, 3.63) is 59.2 Å². The third kappa shape index (κ3) is 5.10. The van der Waals surface area contributed by atoms with E-state index in [-0.39, 0.29) is 11.8 Å². The predicted molar refractivity (Wildman–Crippen MR) is 113 cm³/mol. The molecule has 1 aliphatic heterocycles. The number of carbonyl (C=O) groups is 2. The van der Waals surface area contributed by atoms with Crippen molar-refractivity contribution in [2.75, 3.05) is 43.4 Å². The van der Waals surface area contributed by atoms with Gasteiger partial charge < -0.3 is 20.4 Å². The highest BCUT2D eigenvalue weighted by atomic mass is 16.2. The summed E-state index contributed by atoms with van der Waals surface area (Å²) in [6, 6.07) is 13.5. The summed E-state index contributed by atoms with van der Waals surface area (Å²) in [6.45, 7) is 8.14. The Morgan fingerprint density at radius 3 is 2.29 bits per heavy atom. The molecule has 0 atom stereocenters. The fourth-order valence-electron chi connectivity index (χ4n) is 3.24. The van der Waals surface area contributed by atoms with Crippen molar-refractivity contribution < 1.29 is 9.59 Å². The number of nitrogens with zero attached hydrogens (tertiary/aromatic N) is 2. The summed E-state index contributed by atoms with van der Waals surface area (Å²) in [5.41, 5.74) is 4.62. The summed E-state index contributed by atoms with van der Waals surface area (Å²) in [6.07, 6.45) is 0. The van der Waals surface area contributed by atoms with E-state index in [4.69, 9.17) is 0 Å². The number of nitrogens with one attached hydrogen (secondary N) is 2. The summed E-state index contributed by atoms with van der Waals surface area (Å²) in [7, 11) is 2.15. The molecule has 2 N–H and O–H groups in total. The molecule has 6 nitrogen and oxygen atoms in total. The van der Waals surface area contributed by atoms with Gasteiger partial charge in [-0.2, -0.15) is 0 Å². The first-order valence-corrected chi connectivity index (χ1v) is 9.61. The summed E-state index contributed by atoms with van der Waals surface area (Å²) >= 11 is 0. The molecule has 3 rings (SSSR count). The van der Waals surface area contributed by atoms with Crippen LogP contribution in [0.5, 0.6) is 0 Å². The molecule has 0 bridgehead atoms. The Morgan fingerprint density at radius 1 is 1.00 bits per heavy atom. The first-order valence-electron chi connectivity index (χ1n) is 9.61. The number of likely N-dealkylation sites (N-methyl/N-ethyl adjacent to an activating group) is 1. The number of aryl methyl sites for hydroxylation is 1. The Morgan fingerprint density at radius 2 is 1.68 bits per heavy atom. The van der Waals surface area contributed by atoms with Crippen LogP contribution in [-0.4, -0.2) is 49.9 Å². The molecule has 2 aromatic rings. The van der Waals surface area contributed by atoms with Crippen LogP contribution in [0.15, 0.2) is 42.5 Å². The summed E-state index contributed by atoms with van der Waals surface area (Å²) in [4.78, 5) is 28.3. The van der Waals surface area contributed by atoms with Crippen LogP contribution in [0, 0.1) is 6.92 Å². The number of piperazine rings is 1. The van der Waals surface area contributed by atoms with Crippen LogP contribution in [0.25, 0.3) is 0 Å². The van der Waals surface area contributed by atoms with Gasteiger partial charge in [-0.3, -0.25) is 9.59 Å². The van der Waals surface area contributed by atoms with E-state index >= 15 is 0 Å². The molecular weight excluding hydrogens is 352 g/mol. The Balaban J connectivity index is 1.63. The van der Waals surface area contributed by atoms with Crippen LogP contribution in [0.4, 0.5) is 11.4 Å². The number of rotatable bonds is 5. The first kappa shape index (κ1) is 19.9. The molecule has 1 aliphatic rings. The van der Waals surface area contributed by atoms with Gasteiger partial charge in [0.25, 0.3) is 5.91 Å². The minimum Gasteiger partial charge on any atom is -0.369 e. The van der Waals surface area contributed by atoms with Gasteiger partial charge in [0.15, 0.2) is 0 Å². The van der Waals surface area contributed by atoms with E-state index < -0.39 is 0 Å². The fraction of sp³-hybridized carbons (Fsp3) is 0.364. The molecule has 2 aromatic carbocycles. The molecular formula is C22H28N4O2. The molecule has 0 saturated carbocycles.